The molecule has 1 aliphatic rings. The second kappa shape index (κ2) is 4.31. The fourth-order valence-corrected chi connectivity index (χ4v) is 2.46. The summed E-state index contributed by atoms with van der Waals surface area (Å²) in [6.07, 6.45) is 5.27. The van der Waals surface area contributed by atoms with Gasteiger partial charge < -0.3 is 9.84 Å². The van der Waals surface area contributed by atoms with Crippen LogP contribution < -0.4 is 0 Å². The lowest BCUT2D eigenvalue weighted by molar-refractivity contribution is -0.0390. The minimum absolute atomic E-state index is 0.0390. The van der Waals surface area contributed by atoms with Crippen LogP contribution in [0.5, 0.6) is 5.75 Å². The smallest absolute Gasteiger partial charge is 0.150 e. The van der Waals surface area contributed by atoms with E-state index in [2.05, 4.69) is 21.0 Å². The first-order valence-electron chi connectivity index (χ1n) is 5.73. The maximum absolute atomic E-state index is 9.62. The Morgan fingerprint density at radius 3 is 3.06 bits per heavy atom. The number of halogens is 1. The van der Waals surface area contributed by atoms with Crippen molar-refractivity contribution in [2.45, 2.75) is 25.5 Å². The van der Waals surface area contributed by atoms with Gasteiger partial charge in [0.2, 0.25) is 0 Å². The van der Waals surface area contributed by atoms with Crippen LogP contribution in [0.1, 0.15) is 25.5 Å². The Bertz CT molecular complexity index is 508. The maximum atomic E-state index is 9.62. The van der Waals surface area contributed by atoms with E-state index in [0.717, 1.165) is 30.4 Å². The summed E-state index contributed by atoms with van der Waals surface area (Å²) < 4.78 is 8.20. The molecule has 1 unspecified atom stereocenters. The third-order valence-corrected chi connectivity index (χ3v) is 3.68. The van der Waals surface area contributed by atoms with E-state index in [-0.39, 0.29) is 12.0 Å². The second-order valence-corrected chi connectivity index (χ2v) is 5.15. The Labute approximate surface area is 107 Å². The standard InChI is InChI=1S/C12H13BrN2O2/c13-9-6-10-8(5-11(9)16)7-15(14-10)12-3-1-2-4-17-12/h5-7,12,16H,1-4H2. The topological polar surface area (TPSA) is 47.3 Å². The van der Waals surface area contributed by atoms with E-state index in [1.807, 2.05) is 16.9 Å². The normalized spacial score (nSPS) is 20.9. The van der Waals surface area contributed by atoms with Gasteiger partial charge in [-0.1, -0.05) is 0 Å². The Kier molecular flexibility index (Phi) is 2.80. The molecule has 0 amide bonds. The minimum Gasteiger partial charge on any atom is -0.507 e. The van der Waals surface area contributed by atoms with Gasteiger partial charge in [-0.15, -0.1) is 0 Å². The summed E-state index contributed by atoms with van der Waals surface area (Å²) in [6, 6.07) is 3.54. The summed E-state index contributed by atoms with van der Waals surface area (Å²) in [6.45, 7) is 0.801. The van der Waals surface area contributed by atoms with Gasteiger partial charge in [0, 0.05) is 18.2 Å². The lowest BCUT2D eigenvalue weighted by Crippen LogP contribution is -2.18. The molecule has 0 radical (unpaired) electrons. The van der Waals surface area contributed by atoms with Crippen LogP contribution in [0.3, 0.4) is 0 Å². The predicted molar refractivity (Wildman–Crippen MR) is 67.9 cm³/mol. The maximum Gasteiger partial charge on any atom is 0.150 e. The molecule has 0 spiro atoms. The molecule has 1 fully saturated rings. The van der Waals surface area contributed by atoms with Crippen LogP contribution in [0.25, 0.3) is 10.9 Å². The van der Waals surface area contributed by atoms with E-state index in [0.29, 0.717) is 4.47 Å². The zero-order chi connectivity index (χ0) is 11.8. The first-order chi connectivity index (χ1) is 8.24. The Morgan fingerprint density at radius 2 is 2.29 bits per heavy atom. The number of aromatic hydroxyl groups is 1. The SMILES string of the molecule is Oc1cc2cn(C3CCCCO3)nc2cc1Br. The van der Waals surface area contributed by atoms with Crippen LogP contribution in [0, 0.1) is 0 Å². The van der Waals surface area contributed by atoms with Crippen LogP contribution in [-0.4, -0.2) is 21.5 Å². The molecular formula is C12H13BrN2O2. The fraction of sp³-hybridized carbons (Fsp3) is 0.417. The van der Waals surface area contributed by atoms with Crippen LogP contribution in [0.4, 0.5) is 0 Å². The summed E-state index contributed by atoms with van der Waals surface area (Å²) in [7, 11) is 0. The van der Waals surface area contributed by atoms with Gasteiger partial charge >= 0.3 is 0 Å². The Balaban J connectivity index is 2.00. The van der Waals surface area contributed by atoms with Gasteiger partial charge in [-0.3, -0.25) is 0 Å². The fourth-order valence-electron chi connectivity index (χ4n) is 2.13. The highest BCUT2D eigenvalue weighted by Crippen LogP contribution is 2.30. The first-order valence-corrected chi connectivity index (χ1v) is 6.52. The van der Waals surface area contributed by atoms with Crippen LogP contribution >= 0.6 is 15.9 Å². The lowest BCUT2D eigenvalue weighted by atomic mass is 10.2. The molecule has 0 aliphatic carbocycles. The van der Waals surface area contributed by atoms with Crippen LogP contribution in [-0.2, 0) is 4.74 Å². The number of hydrogen-bond donors (Lipinski definition) is 1. The average molecular weight is 297 g/mol. The average Bonchev–Trinajstić information content (AvgIpc) is 2.74. The summed E-state index contributed by atoms with van der Waals surface area (Å²) in [5.74, 6) is 0.238. The van der Waals surface area contributed by atoms with E-state index in [9.17, 15) is 5.11 Å². The highest BCUT2D eigenvalue weighted by molar-refractivity contribution is 9.10. The van der Waals surface area contributed by atoms with Crippen molar-refractivity contribution in [2.75, 3.05) is 6.61 Å². The van der Waals surface area contributed by atoms with Gasteiger partial charge in [0.1, 0.15) is 12.0 Å². The number of nitrogens with zero attached hydrogens (tertiary/aromatic N) is 2. The molecule has 17 heavy (non-hydrogen) atoms. The molecular weight excluding hydrogens is 284 g/mol. The number of hydrogen-bond acceptors (Lipinski definition) is 3. The molecule has 1 atom stereocenters. The number of aromatic nitrogens is 2. The molecule has 1 aromatic heterocycles. The third kappa shape index (κ3) is 2.05. The first kappa shape index (κ1) is 11.0. The van der Waals surface area contributed by atoms with Crippen molar-refractivity contribution in [2.24, 2.45) is 0 Å². The molecule has 2 heterocycles. The van der Waals surface area contributed by atoms with Gasteiger partial charge in [-0.05, 0) is 47.3 Å². The highest BCUT2D eigenvalue weighted by Gasteiger charge is 2.17. The predicted octanol–water partition coefficient (Wildman–Crippen LogP) is 3.20. The van der Waals surface area contributed by atoms with E-state index >= 15 is 0 Å². The molecule has 0 bridgehead atoms. The lowest BCUT2D eigenvalue weighted by Gasteiger charge is -2.22. The van der Waals surface area contributed by atoms with Crippen LogP contribution in [0.15, 0.2) is 22.8 Å². The number of fused-ring (bicyclic) bond motifs is 1. The quantitative estimate of drug-likeness (QED) is 0.879. The van der Waals surface area contributed by atoms with E-state index < -0.39 is 0 Å². The number of rotatable bonds is 1. The van der Waals surface area contributed by atoms with Crippen LogP contribution in [0.2, 0.25) is 0 Å². The number of phenols is 1. The molecule has 2 aromatic rings. The number of benzene rings is 1. The van der Waals surface area contributed by atoms with Crippen molar-refractivity contribution in [1.82, 2.24) is 9.78 Å². The molecule has 0 saturated carbocycles. The van der Waals surface area contributed by atoms with Crippen molar-refractivity contribution in [1.29, 1.82) is 0 Å². The van der Waals surface area contributed by atoms with Gasteiger partial charge in [0.25, 0.3) is 0 Å². The van der Waals surface area contributed by atoms with E-state index in [1.54, 1.807) is 6.07 Å². The van der Waals surface area contributed by atoms with Gasteiger partial charge in [-0.2, -0.15) is 5.10 Å². The summed E-state index contributed by atoms with van der Waals surface area (Å²) >= 11 is 3.29. The van der Waals surface area contributed by atoms with Crippen molar-refractivity contribution in [3.8, 4) is 5.75 Å². The zero-order valence-electron chi connectivity index (χ0n) is 9.27. The van der Waals surface area contributed by atoms with Crippen molar-refractivity contribution >= 4 is 26.8 Å². The van der Waals surface area contributed by atoms with Gasteiger partial charge in [-0.25, -0.2) is 4.68 Å². The highest BCUT2D eigenvalue weighted by atomic mass is 79.9. The van der Waals surface area contributed by atoms with Gasteiger partial charge in [0.15, 0.2) is 0 Å². The van der Waals surface area contributed by atoms with Crippen molar-refractivity contribution < 1.29 is 9.84 Å². The van der Waals surface area contributed by atoms with Crippen molar-refractivity contribution in [3.63, 3.8) is 0 Å². The van der Waals surface area contributed by atoms with Gasteiger partial charge in [0.05, 0.1) is 9.99 Å². The minimum atomic E-state index is 0.0390. The summed E-state index contributed by atoms with van der Waals surface area (Å²) in [5.41, 5.74) is 0.865. The molecule has 5 heteroatoms. The number of ether oxygens (including phenoxy) is 1. The molecule has 1 aliphatic heterocycles. The second-order valence-electron chi connectivity index (χ2n) is 4.29. The summed E-state index contributed by atoms with van der Waals surface area (Å²) in [4.78, 5) is 0. The molecule has 1 saturated heterocycles. The molecule has 90 valence electrons. The third-order valence-electron chi connectivity index (χ3n) is 3.04. The monoisotopic (exact) mass is 296 g/mol. The molecule has 1 N–H and O–H groups in total. The Hall–Kier alpha value is -1.07. The molecule has 3 rings (SSSR count). The largest absolute Gasteiger partial charge is 0.507 e. The summed E-state index contributed by atoms with van der Waals surface area (Å²) in [5, 5.41) is 15.0. The molecule has 4 nitrogen and oxygen atoms in total. The zero-order valence-corrected chi connectivity index (χ0v) is 10.9. The van der Waals surface area contributed by atoms with E-state index in [1.165, 1.54) is 6.42 Å². The van der Waals surface area contributed by atoms with E-state index in [4.69, 9.17) is 4.74 Å². The molecule has 1 aromatic carbocycles. The Morgan fingerprint density at radius 1 is 1.41 bits per heavy atom. The van der Waals surface area contributed by atoms with Crippen molar-refractivity contribution in [3.05, 3.63) is 22.8 Å². The number of phenolic OH excluding ortho intramolecular Hbond substituents is 1.